The van der Waals surface area contributed by atoms with Crippen LogP contribution in [0.25, 0.3) is 11.3 Å². The first-order valence-corrected chi connectivity index (χ1v) is 11.2. The highest BCUT2D eigenvalue weighted by atomic mass is 35.5. The minimum atomic E-state index is -0.828. The van der Waals surface area contributed by atoms with Gasteiger partial charge in [0.05, 0.1) is 23.5 Å². The molecule has 2 amide bonds. The number of carbonyl (C=O) groups excluding carboxylic acids is 2. The predicted molar refractivity (Wildman–Crippen MR) is 134 cm³/mol. The van der Waals surface area contributed by atoms with Gasteiger partial charge in [-0.2, -0.15) is 0 Å². The van der Waals surface area contributed by atoms with Crippen LogP contribution in [-0.2, 0) is 11.2 Å². The Labute approximate surface area is 209 Å². The third-order valence-electron chi connectivity index (χ3n) is 5.69. The molecule has 0 radical (unpaired) electrons. The lowest BCUT2D eigenvalue weighted by Gasteiger charge is -2.18. The zero-order chi connectivity index (χ0) is 25.4. The number of nitrogens with zero attached hydrogens (tertiary/aromatic N) is 3. The van der Waals surface area contributed by atoms with Crippen molar-refractivity contribution in [2.45, 2.75) is 6.42 Å². The third-order valence-corrected chi connectivity index (χ3v) is 5.93. The average Bonchev–Trinajstić information content (AvgIpc) is 2.98. The van der Waals surface area contributed by atoms with Crippen molar-refractivity contribution >= 4 is 46.4 Å². The van der Waals surface area contributed by atoms with Gasteiger partial charge in [0.1, 0.15) is 11.6 Å². The summed E-state index contributed by atoms with van der Waals surface area (Å²) in [6.45, 7) is 0. The lowest BCUT2D eigenvalue weighted by molar-refractivity contribution is -0.115. The van der Waals surface area contributed by atoms with Gasteiger partial charge < -0.3 is 15.5 Å². The van der Waals surface area contributed by atoms with E-state index in [0.717, 1.165) is 22.6 Å². The Morgan fingerprint density at radius 3 is 2.61 bits per heavy atom. The summed E-state index contributed by atoms with van der Waals surface area (Å²) < 4.78 is 27.3. The minimum Gasteiger partial charge on any atom is -0.325 e. The number of fused-ring (bicyclic) bond motifs is 3. The van der Waals surface area contributed by atoms with Crippen LogP contribution in [-0.4, -0.2) is 28.8 Å². The van der Waals surface area contributed by atoms with Gasteiger partial charge >= 0.3 is 0 Å². The van der Waals surface area contributed by atoms with Crippen molar-refractivity contribution in [3.05, 3.63) is 94.6 Å². The summed E-state index contributed by atoms with van der Waals surface area (Å²) in [5.41, 5.74) is 3.47. The molecule has 3 aromatic carbocycles. The number of amides is 2. The van der Waals surface area contributed by atoms with Crippen LogP contribution in [0.3, 0.4) is 0 Å². The van der Waals surface area contributed by atoms with E-state index in [9.17, 15) is 18.4 Å². The molecule has 0 spiro atoms. The second kappa shape index (κ2) is 9.35. The second-order valence-corrected chi connectivity index (χ2v) is 8.58. The van der Waals surface area contributed by atoms with E-state index in [0.29, 0.717) is 39.2 Å². The fourth-order valence-electron chi connectivity index (χ4n) is 3.90. The van der Waals surface area contributed by atoms with Gasteiger partial charge in [0.2, 0.25) is 11.9 Å². The Morgan fingerprint density at radius 2 is 1.86 bits per heavy atom. The maximum atomic E-state index is 14.1. The van der Waals surface area contributed by atoms with Crippen LogP contribution >= 0.6 is 11.6 Å². The topological polar surface area (TPSA) is 87.2 Å². The molecule has 0 saturated heterocycles. The van der Waals surface area contributed by atoms with Gasteiger partial charge in [-0.05, 0) is 54.6 Å². The van der Waals surface area contributed by atoms with Crippen LogP contribution in [0.5, 0.6) is 0 Å². The molecular formula is C26H18ClF2N5O2. The smallest absolute Gasteiger partial charge is 0.258 e. The summed E-state index contributed by atoms with van der Waals surface area (Å²) in [5, 5.41) is 6.42. The molecule has 180 valence electrons. The molecule has 36 heavy (non-hydrogen) atoms. The van der Waals surface area contributed by atoms with Crippen LogP contribution in [0.2, 0.25) is 5.02 Å². The average molecular weight is 506 g/mol. The van der Waals surface area contributed by atoms with Crippen molar-refractivity contribution in [3.8, 4) is 11.3 Å². The Balaban J connectivity index is 1.37. The van der Waals surface area contributed by atoms with Gasteiger partial charge in [-0.25, -0.2) is 18.7 Å². The summed E-state index contributed by atoms with van der Waals surface area (Å²) in [6, 6.07) is 14.7. The fraction of sp³-hybridized carbons (Fsp3) is 0.0769. The minimum absolute atomic E-state index is 0.0310. The summed E-state index contributed by atoms with van der Waals surface area (Å²) in [7, 11) is 1.42. The van der Waals surface area contributed by atoms with Crippen LogP contribution < -0.4 is 15.5 Å². The monoisotopic (exact) mass is 505 g/mol. The molecule has 7 nitrogen and oxygen atoms in total. The zero-order valence-corrected chi connectivity index (χ0v) is 19.6. The molecule has 0 unspecified atom stereocenters. The second-order valence-electron chi connectivity index (χ2n) is 8.14. The molecule has 1 aliphatic rings. The van der Waals surface area contributed by atoms with Gasteiger partial charge in [-0.1, -0.05) is 11.6 Å². The summed E-state index contributed by atoms with van der Waals surface area (Å²) in [5.74, 6) is -1.89. The van der Waals surface area contributed by atoms with E-state index in [1.54, 1.807) is 48.7 Å². The molecule has 0 bridgehead atoms. The lowest BCUT2D eigenvalue weighted by Crippen LogP contribution is -2.27. The number of rotatable bonds is 4. The molecule has 0 saturated carbocycles. The first-order valence-electron chi connectivity index (χ1n) is 10.8. The molecule has 2 heterocycles. The van der Waals surface area contributed by atoms with Crippen molar-refractivity contribution in [1.82, 2.24) is 9.97 Å². The molecule has 2 N–H and O–H groups in total. The number of benzene rings is 3. The summed E-state index contributed by atoms with van der Waals surface area (Å²) >= 11 is 6.09. The SMILES string of the molecule is CN(C(=O)c1ccc(Nc2ncc3c(n2)-c2ccc(Cl)cc2NC(=O)C3)cc1)c1ccc(F)cc1F. The van der Waals surface area contributed by atoms with Gasteiger partial charge in [0, 0.05) is 46.7 Å². The van der Waals surface area contributed by atoms with E-state index in [1.807, 2.05) is 0 Å². The largest absolute Gasteiger partial charge is 0.325 e. The van der Waals surface area contributed by atoms with Crippen LogP contribution in [0, 0.1) is 11.6 Å². The maximum absolute atomic E-state index is 14.1. The van der Waals surface area contributed by atoms with Gasteiger partial charge in [0.15, 0.2) is 0 Å². The summed E-state index contributed by atoms with van der Waals surface area (Å²) in [6.07, 6.45) is 1.72. The van der Waals surface area contributed by atoms with E-state index in [4.69, 9.17) is 11.6 Å². The van der Waals surface area contributed by atoms with Gasteiger partial charge in [0.25, 0.3) is 5.91 Å². The Kier molecular flexibility index (Phi) is 6.07. The van der Waals surface area contributed by atoms with Crippen LogP contribution in [0.4, 0.5) is 31.8 Å². The van der Waals surface area contributed by atoms with Crippen molar-refractivity contribution in [1.29, 1.82) is 0 Å². The van der Waals surface area contributed by atoms with E-state index < -0.39 is 17.5 Å². The lowest BCUT2D eigenvalue weighted by atomic mass is 10.1. The maximum Gasteiger partial charge on any atom is 0.258 e. The fourth-order valence-corrected chi connectivity index (χ4v) is 4.08. The van der Waals surface area contributed by atoms with E-state index in [-0.39, 0.29) is 18.0 Å². The van der Waals surface area contributed by atoms with E-state index in [1.165, 1.54) is 13.1 Å². The third kappa shape index (κ3) is 4.60. The van der Waals surface area contributed by atoms with Crippen molar-refractivity contribution in [2.75, 3.05) is 22.6 Å². The Hall–Kier alpha value is -4.37. The molecule has 4 aromatic rings. The van der Waals surface area contributed by atoms with Crippen molar-refractivity contribution in [3.63, 3.8) is 0 Å². The first kappa shape index (κ1) is 23.4. The molecule has 0 atom stereocenters. The van der Waals surface area contributed by atoms with Crippen LogP contribution in [0.1, 0.15) is 15.9 Å². The number of carbonyl (C=O) groups is 2. The summed E-state index contributed by atoms with van der Waals surface area (Å²) in [4.78, 5) is 35.1. The quantitative estimate of drug-likeness (QED) is 0.377. The highest BCUT2D eigenvalue weighted by Gasteiger charge is 2.22. The molecule has 10 heteroatoms. The first-order chi connectivity index (χ1) is 17.3. The predicted octanol–water partition coefficient (Wildman–Crippen LogP) is 5.59. The molecule has 5 rings (SSSR count). The number of nitrogens with one attached hydrogen (secondary N) is 2. The van der Waals surface area contributed by atoms with Gasteiger partial charge in [-0.3, -0.25) is 9.59 Å². The highest BCUT2D eigenvalue weighted by Crippen LogP contribution is 2.35. The number of halogens is 3. The van der Waals surface area contributed by atoms with E-state index in [2.05, 4.69) is 20.6 Å². The number of anilines is 4. The Bertz CT molecular complexity index is 1510. The van der Waals surface area contributed by atoms with Crippen molar-refractivity contribution in [2.24, 2.45) is 0 Å². The highest BCUT2D eigenvalue weighted by molar-refractivity contribution is 6.31. The van der Waals surface area contributed by atoms with Crippen LogP contribution in [0.15, 0.2) is 66.9 Å². The molecule has 1 aliphatic heterocycles. The van der Waals surface area contributed by atoms with E-state index >= 15 is 0 Å². The standard InChI is InChI=1S/C26H18ClF2N5O2/c1-34(22-9-5-17(28)12-20(22)29)25(36)14-2-6-18(7-3-14)31-26-30-13-15-10-23(35)32-21-11-16(27)4-8-19(21)24(15)33-26/h2-9,11-13H,10H2,1H3,(H,32,35)(H,30,31,33). The van der Waals surface area contributed by atoms with Gasteiger partial charge in [-0.15, -0.1) is 0 Å². The molecular weight excluding hydrogens is 488 g/mol. The zero-order valence-electron chi connectivity index (χ0n) is 18.8. The molecule has 0 aliphatic carbocycles. The number of hydrogen-bond acceptors (Lipinski definition) is 5. The molecule has 1 aromatic heterocycles. The van der Waals surface area contributed by atoms with Crippen molar-refractivity contribution < 1.29 is 18.4 Å². The number of hydrogen-bond donors (Lipinski definition) is 2. The number of aromatic nitrogens is 2. The molecule has 0 fully saturated rings. The Morgan fingerprint density at radius 1 is 1.08 bits per heavy atom. The normalized spacial score (nSPS) is 12.2.